The van der Waals surface area contributed by atoms with E-state index >= 15 is 0 Å². The molecule has 0 saturated heterocycles. The molecule has 0 radical (unpaired) electrons. The number of hydrogen-bond acceptors (Lipinski definition) is 2. The molecule has 0 aliphatic heterocycles. The van der Waals surface area contributed by atoms with Gasteiger partial charge in [0.1, 0.15) is 6.54 Å². The first-order valence-electron chi connectivity index (χ1n) is 6.64. The Morgan fingerprint density at radius 3 is 2.63 bits per heavy atom. The van der Waals surface area contributed by atoms with E-state index in [1.807, 2.05) is 0 Å². The van der Waals surface area contributed by atoms with Crippen molar-refractivity contribution in [1.29, 1.82) is 0 Å². The zero-order valence-electron chi connectivity index (χ0n) is 11.6. The molecule has 1 fully saturated rings. The van der Waals surface area contributed by atoms with Crippen molar-refractivity contribution >= 4 is 12.0 Å². The zero-order chi connectivity index (χ0) is 14.4. The van der Waals surface area contributed by atoms with Gasteiger partial charge >= 0.3 is 12.0 Å². The molecule has 19 heavy (non-hydrogen) atoms. The number of hydrogen-bond donors (Lipinski definition) is 2. The third-order valence-corrected chi connectivity index (χ3v) is 3.64. The Bertz CT molecular complexity index is 375. The lowest BCUT2D eigenvalue weighted by atomic mass is 9.80. The van der Waals surface area contributed by atoms with Crippen molar-refractivity contribution < 1.29 is 14.7 Å². The van der Waals surface area contributed by atoms with Gasteiger partial charge < -0.3 is 15.3 Å². The highest BCUT2D eigenvalue weighted by molar-refractivity contribution is 5.80. The number of nitrogens with one attached hydrogen (secondary N) is 1. The summed E-state index contributed by atoms with van der Waals surface area (Å²) in [6.07, 6.45) is 8.26. The minimum absolute atomic E-state index is 0.00956. The maximum absolute atomic E-state index is 12.0. The molecule has 2 N–H and O–H groups in total. The highest BCUT2D eigenvalue weighted by atomic mass is 16.4. The fraction of sp³-hybridized carbons (Fsp3) is 0.714. The topological polar surface area (TPSA) is 69.6 Å². The van der Waals surface area contributed by atoms with Crippen molar-refractivity contribution in [2.24, 2.45) is 11.8 Å². The molecular formula is C14H22N2O3. The quantitative estimate of drug-likeness (QED) is 0.758. The van der Waals surface area contributed by atoms with Crippen LogP contribution in [0.1, 0.15) is 33.1 Å². The van der Waals surface area contributed by atoms with E-state index < -0.39 is 5.97 Å². The molecule has 3 atom stereocenters. The van der Waals surface area contributed by atoms with Gasteiger partial charge in [0.05, 0.1) is 6.54 Å². The van der Waals surface area contributed by atoms with Gasteiger partial charge in [-0.25, -0.2) is 4.79 Å². The highest BCUT2D eigenvalue weighted by Crippen LogP contribution is 2.28. The molecule has 0 aromatic heterocycles. The minimum Gasteiger partial charge on any atom is -0.480 e. The summed E-state index contributed by atoms with van der Waals surface area (Å²) in [5, 5.41) is 11.7. The summed E-state index contributed by atoms with van der Waals surface area (Å²) in [4.78, 5) is 23.9. The summed E-state index contributed by atoms with van der Waals surface area (Å²) >= 11 is 0. The summed E-state index contributed by atoms with van der Waals surface area (Å²) in [7, 11) is 0. The van der Waals surface area contributed by atoms with Gasteiger partial charge in [-0.3, -0.25) is 4.79 Å². The van der Waals surface area contributed by atoms with Crippen molar-refractivity contribution in [3.63, 3.8) is 0 Å². The van der Waals surface area contributed by atoms with Gasteiger partial charge in [-0.15, -0.1) is 6.42 Å². The van der Waals surface area contributed by atoms with E-state index in [1.54, 1.807) is 0 Å². The number of carboxylic acids is 1. The first-order valence-corrected chi connectivity index (χ1v) is 6.64. The first-order chi connectivity index (χ1) is 8.93. The number of carbonyl (C=O) groups excluding carboxylic acids is 1. The van der Waals surface area contributed by atoms with Crippen LogP contribution in [0.15, 0.2) is 0 Å². The molecule has 106 valence electrons. The van der Waals surface area contributed by atoms with Crippen LogP contribution in [0.25, 0.3) is 0 Å². The fourth-order valence-electron chi connectivity index (χ4n) is 2.60. The SMILES string of the molecule is C#CCN(CC(=O)O)C(=O)NC1CCC(C)CC1C. The second kappa shape index (κ2) is 7.03. The molecule has 2 amide bonds. The maximum atomic E-state index is 12.0. The van der Waals surface area contributed by atoms with Crippen LogP contribution < -0.4 is 5.32 Å². The minimum atomic E-state index is -1.06. The average molecular weight is 266 g/mol. The Hall–Kier alpha value is -1.70. The maximum Gasteiger partial charge on any atom is 0.323 e. The van der Waals surface area contributed by atoms with Gasteiger partial charge in [0.25, 0.3) is 0 Å². The second-order valence-corrected chi connectivity index (χ2v) is 5.41. The van der Waals surface area contributed by atoms with E-state index in [0.717, 1.165) is 24.2 Å². The highest BCUT2D eigenvalue weighted by Gasteiger charge is 2.28. The Kier molecular flexibility index (Phi) is 5.68. The average Bonchev–Trinajstić information content (AvgIpc) is 2.31. The molecule has 5 heteroatoms. The number of urea groups is 1. The van der Waals surface area contributed by atoms with E-state index in [9.17, 15) is 9.59 Å². The summed E-state index contributed by atoms with van der Waals surface area (Å²) in [6, 6.07) is -0.274. The molecule has 5 nitrogen and oxygen atoms in total. The van der Waals surface area contributed by atoms with Crippen LogP contribution in [0.4, 0.5) is 4.79 Å². The lowest BCUT2D eigenvalue weighted by Gasteiger charge is -2.34. The standard InChI is InChI=1S/C14H22N2O3/c1-4-7-16(9-13(17)18)14(19)15-12-6-5-10(2)8-11(12)3/h1,10-12H,5-9H2,2-3H3,(H,15,19)(H,17,18). The van der Waals surface area contributed by atoms with Crippen LogP contribution in [0.2, 0.25) is 0 Å². The number of rotatable bonds is 4. The van der Waals surface area contributed by atoms with Gasteiger partial charge in [-0.05, 0) is 31.1 Å². The van der Waals surface area contributed by atoms with Gasteiger partial charge in [-0.1, -0.05) is 19.8 Å². The molecule has 3 unspecified atom stereocenters. The van der Waals surface area contributed by atoms with Crippen LogP contribution in [-0.4, -0.2) is 41.1 Å². The van der Waals surface area contributed by atoms with Crippen molar-refractivity contribution in [2.75, 3.05) is 13.1 Å². The lowest BCUT2D eigenvalue weighted by molar-refractivity contribution is -0.137. The molecule has 0 heterocycles. The van der Waals surface area contributed by atoms with Gasteiger partial charge in [0.15, 0.2) is 0 Å². The second-order valence-electron chi connectivity index (χ2n) is 5.41. The summed E-state index contributed by atoms with van der Waals surface area (Å²) < 4.78 is 0. The number of amides is 2. The fourth-order valence-corrected chi connectivity index (χ4v) is 2.60. The smallest absolute Gasteiger partial charge is 0.323 e. The van der Waals surface area contributed by atoms with Crippen LogP contribution in [0.5, 0.6) is 0 Å². The monoisotopic (exact) mass is 266 g/mol. The van der Waals surface area contributed by atoms with Crippen molar-refractivity contribution in [2.45, 2.75) is 39.2 Å². The van der Waals surface area contributed by atoms with Gasteiger partial charge in [0.2, 0.25) is 0 Å². The van der Waals surface area contributed by atoms with E-state index in [1.165, 1.54) is 0 Å². The third kappa shape index (κ3) is 4.82. The lowest BCUT2D eigenvalue weighted by Crippen LogP contribution is -2.50. The van der Waals surface area contributed by atoms with Crippen LogP contribution >= 0.6 is 0 Å². The molecule has 1 saturated carbocycles. The third-order valence-electron chi connectivity index (χ3n) is 3.64. The summed E-state index contributed by atoms with van der Waals surface area (Å²) in [6.45, 7) is 3.97. The largest absolute Gasteiger partial charge is 0.480 e. The van der Waals surface area contributed by atoms with Crippen LogP contribution in [0.3, 0.4) is 0 Å². The molecule has 0 bridgehead atoms. The number of terminal acetylenes is 1. The predicted octanol–water partition coefficient (Wildman–Crippen LogP) is 1.54. The Balaban J connectivity index is 2.56. The molecule has 1 rings (SSSR count). The van der Waals surface area contributed by atoms with E-state index in [0.29, 0.717) is 11.8 Å². The predicted molar refractivity (Wildman–Crippen MR) is 72.5 cm³/mol. The molecule has 1 aliphatic carbocycles. The zero-order valence-corrected chi connectivity index (χ0v) is 11.6. The summed E-state index contributed by atoms with van der Waals surface area (Å²) in [5.41, 5.74) is 0. The van der Waals surface area contributed by atoms with Gasteiger partial charge in [0, 0.05) is 6.04 Å². The number of aliphatic carboxylic acids is 1. The van der Waals surface area contributed by atoms with Crippen molar-refractivity contribution in [1.82, 2.24) is 10.2 Å². The molecule has 0 aromatic rings. The number of carboxylic acid groups (broad SMARTS) is 1. The van der Waals surface area contributed by atoms with E-state index in [2.05, 4.69) is 25.1 Å². The normalized spacial score (nSPS) is 26.3. The Labute approximate surface area is 114 Å². The first kappa shape index (κ1) is 15.4. The number of carbonyl (C=O) groups is 2. The Morgan fingerprint density at radius 1 is 1.42 bits per heavy atom. The molecular weight excluding hydrogens is 244 g/mol. The summed E-state index contributed by atoms with van der Waals surface area (Å²) in [5.74, 6) is 2.34. The van der Waals surface area contributed by atoms with Crippen molar-refractivity contribution in [3.05, 3.63) is 0 Å². The van der Waals surface area contributed by atoms with Crippen LogP contribution in [0, 0.1) is 24.2 Å². The molecule has 1 aliphatic rings. The van der Waals surface area contributed by atoms with E-state index in [-0.39, 0.29) is 25.2 Å². The van der Waals surface area contributed by atoms with Crippen LogP contribution in [-0.2, 0) is 4.79 Å². The number of nitrogens with zero attached hydrogens (tertiary/aromatic N) is 1. The Morgan fingerprint density at radius 2 is 2.11 bits per heavy atom. The van der Waals surface area contributed by atoms with E-state index in [4.69, 9.17) is 11.5 Å². The molecule has 0 aromatic carbocycles. The van der Waals surface area contributed by atoms with Crippen molar-refractivity contribution in [3.8, 4) is 12.3 Å². The van der Waals surface area contributed by atoms with Gasteiger partial charge in [-0.2, -0.15) is 0 Å². The molecule has 0 spiro atoms.